The Morgan fingerprint density at radius 1 is 1.09 bits per heavy atom. The second-order valence-electron chi connectivity index (χ2n) is 9.45. The summed E-state index contributed by atoms with van der Waals surface area (Å²) < 4.78 is 1.53. The van der Waals surface area contributed by atoms with E-state index in [0.29, 0.717) is 24.6 Å². The van der Waals surface area contributed by atoms with Gasteiger partial charge in [-0.1, -0.05) is 12.1 Å². The molecule has 2 saturated heterocycles. The minimum atomic E-state index is -0.306. The maximum Gasteiger partial charge on any atom is 0.270 e. The number of anilines is 2. The standard InChI is InChI=1S/C27H26N6O2/c1-31-23-15-18(33-12-4-7-24(33)34)8-9-19(23)25(20(16-28)27(31)35)32-13-10-17(11-14-32)26-29-21-5-2-3-6-22(21)30-26/h2-3,5-6,8-9,15,17H,4,7,10-14H2,1H3,(H,29,30). The van der Waals surface area contributed by atoms with E-state index in [-0.39, 0.29) is 17.0 Å². The molecular formula is C27H26N6O2. The van der Waals surface area contributed by atoms with Gasteiger partial charge in [0.1, 0.15) is 17.5 Å². The van der Waals surface area contributed by atoms with Gasteiger partial charge in [-0.15, -0.1) is 0 Å². The molecule has 0 aliphatic carbocycles. The van der Waals surface area contributed by atoms with Crippen molar-refractivity contribution < 1.29 is 4.79 Å². The van der Waals surface area contributed by atoms with Crippen molar-refractivity contribution in [1.29, 1.82) is 5.26 Å². The molecule has 2 aliphatic heterocycles. The lowest BCUT2D eigenvalue weighted by atomic mass is 9.94. The molecule has 2 fully saturated rings. The maximum atomic E-state index is 13.2. The van der Waals surface area contributed by atoms with Crippen LogP contribution in [0.4, 0.5) is 11.4 Å². The smallest absolute Gasteiger partial charge is 0.270 e. The summed E-state index contributed by atoms with van der Waals surface area (Å²) >= 11 is 0. The maximum absolute atomic E-state index is 13.2. The van der Waals surface area contributed by atoms with Gasteiger partial charge >= 0.3 is 0 Å². The van der Waals surface area contributed by atoms with Gasteiger partial charge in [-0.05, 0) is 49.6 Å². The van der Waals surface area contributed by atoms with Gasteiger partial charge in [0.25, 0.3) is 5.56 Å². The average Bonchev–Trinajstić information content (AvgIpc) is 3.52. The van der Waals surface area contributed by atoms with E-state index in [9.17, 15) is 14.9 Å². The zero-order chi connectivity index (χ0) is 24.1. The molecule has 0 saturated carbocycles. The first-order chi connectivity index (χ1) is 17.0. The number of rotatable bonds is 3. The molecule has 4 aromatic rings. The van der Waals surface area contributed by atoms with Crippen molar-refractivity contribution in [3.05, 3.63) is 64.2 Å². The zero-order valence-corrected chi connectivity index (χ0v) is 19.6. The predicted octanol–water partition coefficient (Wildman–Crippen LogP) is 3.80. The number of aromatic nitrogens is 3. The van der Waals surface area contributed by atoms with Crippen LogP contribution in [0, 0.1) is 11.3 Å². The molecule has 0 bridgehead atoms. The molecule has 0 radical (unpaired) electrons. The molecule has 0 spiro atoms. The number of nitrogens with zero attached hydrogens (tertiary/aromatic N) is 5. The van der Waals surface area contributed by atoms with Crippen molar-refractivity contribution in [1.82, 2.24) is 14.5 Å². The van der Waals surface area contributed by atoms with Gasteiger partial charge in [-0.2, -0.15) is 5.26 Å². The summed E-state index contributed by atoms with van der Waals surface area (Å²) in [5.74, 6) is 1.41. The molecule has 8 nitrogen and oxygen atoms in total. The SMILES string of the molecule is Cn1c(=O)c(C#N)c(N2CCC(c3nc4ccccc4[nH]3)CC2)c2ccc(N3CCCC3=O)cc21. The van der Waals surface area contributed by atoms with Crippen LogP contribution in [0.15, 0.2) is 47.3 Å². The summed E-state index contributed by atoms with van der Waals surface area (Å²) in [5, 5.41) is 10.8. The number of benzene rings is 2. The number of carbonyl (C=O) groups is 1. The van der Waals surface area contributed by atoms with E-state index in [0.717, 1.165) is 65.8 Å². The third kappa shape index (κ3) is 3.46. The number of hydrogen-bond donors (Lipinski definition) is 1. The topological polar surface area (TPSA) is 98.0 Å². The number of amides is 1. The van der Waals surface area contributed by atoms with Gasteiger partial charge in [-0.25, -0.2) is 4.98 Å². The highest BCUT2D eigenvalue weighted by Crippen LogP contribution is 2.36. The Labute approximate surface area is 202 Å². The number of hydrogen-bond acceptors (Lipinski definition) is 5. The van der Waals surface area contributed by atoms with E-state index in [2.05, 4.69) is 16.0 Å². The molecule has 1 N–H and O–H groups in total. The fourth-order valence-corrected chi connectivity index (χ4v) is 5.57. The van der Waals surface area contributed by atoms with Crippen molar-refractivity contribution in [2.45, 2.75) is 31.6 Å². The number of para-hydroxylation sites is 2. The predicted molar refractivity (Wildman–Crippen MR) is 136 cm³/mol. The Morgan fingerprint density at radius 3 is 2.60 bits per heavy atom. The highest BCUT2D eigenvalue weighted by molar-refractivity contribution is 6.00. The Balaban J connectivity index is 1.36. The van der Waals surface area contributed by atoms with Crippen LogP contribution in [0.25, 0.3) is 21.9 Å². The number of imidazole rings is 1. The number of nitriles is 1. The lowest BCUT2D eigenvalue weighted by Crippen LogP contribution is -2.36. The average molecular weight is 467 g/mol. The van der Waals surface area contributed by atoms with E-state index >= 15 is 0 Å². The lowest BCUT2D eigenvalue weighted by molar-refractivity contribution is -0.117. The first kappa shape index (κ1) is 21.4. The molecule has 8 heteroatoms. The van der Waals surface area contributed by atoms with Crippen LogP contribution in [-0.2, 0) is 11.8 Å². The number of fused-ring (bicyclic) bond motifs is 2. The van der Waals surface area contributed by atoms with Crippen LogP contribution < -0.4 is 15.4 Å². The normalized spacial score (nSPS) is 17.0. The number of pyridine rings is 1. The Morgan fingerprint density at radius 2 is 1.89 bits per heavy atom. The van der Waals surface area contributed by atoms with Crippen LogP contribution >= 0.6 is 0 Å². The first-order valence-corrected chi connectivity index (χ1v) is 12.1. The third-order valence-corrected chi connectivity index (χ3v) is 7.46. The van der Waals surface area contributed by atoms with Gasteiger partial charge in [0.2, 0.25) is 5.91 Å². The van der Waals surface area contributed by atoms with Crippen molar-refractivity contribution in [2.24, 2.45) is 7.05 Å². The quantitative estimate of drug-likeness (QED) is 0.495. The van der Waals surface area contributed by atoms with Crippen LogP contribution in [0.1, 0.15) is 43.0 Å². The number of piperidine rings is 1. The summed E-state index contributed by atoms with van der Waals surface area (Å²) in [7, 11) is 1.69. The monoisotopic (exact) mass is 466 g/mol. The molecule has 2 aromatic carbocycles. The largest absolute Gasteiger partial charge is 0.370 e. The molecular weight excluding hydrogens is 440 g/mol. The minimum absolute atomic E-state index is 0.107. The first-order valence-electron chi connectivity index (χ1n) is 12.1. The molecule has 6 rings (SSSR count). The number of nitrogens with one attached hydrogen (secondary N) is 1. The van der Waals surface area contributed by atoms with Crippen LogP contribution in [-0.4, -0.2) is 40.1 Å². The molecule has 176 valence electrons. The molecule has 1 amide bonds. The fraction of sp³-hybridized carbons (Fsp3) is 0.333. The van der Waals surface area contributed by atoms with Crippen molar-refractivity contribution in [2.75, 3.05) is 29.4 Å². The van der Waals surface area contributed by atoms with Gasteiger partial charge in [0.15, 0.2) is 0 Å². The van der Waals surface area contributed by atoms with E-state index in [1.807, 2.05) is 42.5 Å². The Hall–Kier alpha value is -4.12. The minimum Gasteiger partial charge on any atom is -0.370 e. The van der Waals surface area contributed by atoms with Crippen LogP contribution in [0.2, 0.25) is 0 Å². The summed E-state index contributed by atoms with van der Waals surface area (Å²) in [5.41, 5.74) is 4.12. The molecule has 2 aliphatic rings. The van der Waals surface area contributed by atoms with Crippen molar-refractivity contribution >= 4 is 39.2 Å². The molecule has 35 heavy (non-hydrogen) atoms. The summed E-state index contributed by atoms with van der Waals surface area (Å²) in [6, 6.07) is 16.0. The van der Waals surface area contributed by atoms with E-state index < -0.39 is 0 Å². The van der Waals surface area contributed by atoms with Crippen molar-refractivity contribution in [3.8, 4) is 6.07 Å². The Bertz CT molecular complexity index is 1540. The van der Waals surface area contributed by atoms with Gasteiger partial charge in [0, 0.05) is 50.1 Å². The number of H-pyrrole nitrogens is 1. The second-order valence-corrected chi connectivity index (χ2v) is 9.45. The highest BCUT2D eigenvalue weighted by Gasteiger charge is 2.28. The van der Waals surface area contributed by atoms with Crippen LogP contribution in [0.5, 0.6) is 0 Å². The number of carbonyl (C=O) groups excluding carboxylic acids is 1. The molecule has 2 aromatic heterocycles. The van der Waals surface area contributed by atoms with Crippen molar-refractivity contribution in [3.63, 3.8) is 0 Å². The van der Waals surface area contributed by atoms with Crippen LogP contribution in [0.3, 0.4) is 0 Å². The Kier molecular flexibility index (Phi) is 5.06. The second kappa shape index (κ2) is 8.27. The fourth-order valence-electron chi connectivity index (χ4n) is 5.57. The van der Waals surface area contributed by atoms with Gasteiger partial charge in [-0.3, -0.25) is 9.59 Å². The molecule has 0 unspecified atom stereocenters. The van der Waals surface area contributed by atoms with E-state index in [4.69, 9.17) is 4.98 Å². The summed E-state index contributed by atoms with van der Waals surface area (Å²) in [6.07, 6.45) is 3.15. The highest BCUT2D eigenvalue weighted by atomic mass is 16.2. The van der Waals surface area contributed by atoms with E-state index in [1.54, 1.807) is 11.9 Å². The zero-order valence-electron chi connectivity index (χ0n) is 19.6. The summed E-state index contributed by atoms with van der Waals surface area (Å²) in [4.78, 5) is 37.6. The third-order valence-electron chi connectivity index (χ3n) is 7.46. The number of aryl methyl sites for hydroxylation is 1. The molecule has 0 atom stereocenters. The van der Waals surface area contributed by atoms with Gasteiger partial charge < -0.3 is 19.4 Å². The lowest BCUT2D eigenvalue weighted by Gasteiger charge is -2.34. The van der Waals surface area contributed by atoms with Gasteiger partial charge in [0.05, 0.1) is 22.2 Å². The molecule has 4 heterocycles. The number of aromatic amines is 1. The summed E-state index contributed by atoms with van der Waals surface area (Å²) in [6.45, 7) is 2.15. The van der Waals surface area contributed by atoms with E-state index in [1.165, 1.54) is 4.57 Å².